The number of hydrogen-bond acceptors (Lipinski definition) is 4. The van der Waals surface area contributed by atoms with E-state index in [0.717, 1.165) is 21.8 Å². The SMILES string of the molecule is O=[N+]([O-])c1ccc(C[Se][Se]Cc2ccc([N+](=O)[O-])cc2)cc1. The van der Waals surface area contributed by atoms with Gasteiger partial charge in [0.05, 0.1) is 0 Å². The van der Waals surface area contributed by atoms with E-state index in [9.17, 15) is 20.2 Å². The summed E-state index contributed by atoms with van der Waals surface area (Å²) in [6.45, 7) is 0. The second-order valence-corrected chi connectivity index (χ2v) is 11.7. The van der Waals surface area contributed by atoms with Crippen LogP contribution >= 0.6 is 0 Å². The minimum absolute atomic E-state index is 0.118. The van der Waals surface area contributed by atoms with Crippen LogP contribution in [-0.2, 0) is 10.6 Å². The van der Waals surface area contributed by atoms with Crippen LogP contribution in [0.2, 0.25) is 0 Å². The van der Waals surface area contributed by atoms with E-state index in [2.05, 4.69) is 0 Å². The molecule has 0 radical (unpaired) electrons. The van der Waals surface area contributed by atoms with Crippen LogP contribution in [0.1, 0.15) is 11.1 Å². The summed E-state index contributed by atoms with van der Waals surface area (Å²) in [6.07, 6.45) is 0. The molecule has 2 aromatic carbocycles. The normalized spacial score (nSPS) is 10.4. The fraction of sp³-hybridized carbons (Fsp3) is 0.143. The second kappa shape index (κ2) is 8.05. The average molecular weight is 430 g/mol. The Morgan fingerprint density at radius 3 is 1.27 bits per heavy atom. The van der Waals surface area contributed by atoms with Crippen molar-refractivity contribution >= 4 is 37.6 Å². The van der Waals surface area contributed by atoms with Gasteiger partial charge in [-0.2, -0.15) is 0 Å². The Balaban J connectivity index is 1.77. The minimum atomic E-state index is -0.395. The molecule has 0 aliphatic heterocycles. The van der Waals surface area contributed by atoms with E-state index in [4.69, 9.17) is 0 Å². The number of nitrogens with zero attached hydrogens (tertiary/aromatic N) is 2. The molecule has 0 aliphatic carbocycles. The van der Waals surface area contributed by atoms with Gasteiger partial charge in [-0.3, -0.25) is 0 Å². The first kappa shape index (κ1) is 16.6. The van der Waals surface area contributed by atoms with Crippen LogP contribution in [0.3, 0.4) is 0 Å². The molecule has 2 rings (SSSR count). The molecule has 0 fully saturated rings. The predicted octanol–water partition coefficient (Wildman–Crippen LogP) is 2.53. The van der Waals surface area contributed by atoms with Gasteiger partial charge < -0.3 is 0 Å². The van der Waals surface area contributed by atoms with Crippen LogP contribution in [0.15, 0.2) is 48.5 Å². The number of non-ortho nitro benzene ring substituents is 2. The Hall–Kier alpha value is -1.72. The topological polar surface area (TPSA) is 86.3 Å². The number of nitro benzene ring substituents is 2. The fourth-order valence-electron chi connectivity index (χ4n) is 1.65. The summed E-state index contributed by atoms with van der Waals surface area (Å²) in [7, 11) is 0. The molecule has 0 N–H and O–H groups in total. The standard InChI is InChI=1S/C14H12N2O4Se2/c17-15(18)13-5-1-11(2-6-13)9-21-22-10-12-3-7-14(8-4-12)16(19)20/h1-8H,9-10H2. The predicted molar refractivity (Wildman–Crippen MR) is 85.1 cm³/mol. The van der Waals surface area contributed by atoms with Crippen molar-refractivity contribution in [1.29, 1.82) is 0 Å². The molecule has 0 atom stereocenters. The third kappa shape index (κ3) is 4.93. The Labute approximate surface area is 138 Å². The number of benzene rings is 2. The molecular weight excluding hydrogens is 418 g/mol. The quantitative estimate of drug-likeness (QED) is 0.293. The van der Waals surface area contributed by atoms with Crippen molar-refractivity contribution < 1.29 is 9.85 Å². The molecule has 0 aliphatic rings. The molecule has 2 aromatic rings. The first-order valence-electron chi connectivity index (χ1n) is 6.27. The van der Waals surface area contributed by atoms with Gasteiger partial charge in [0.15, 0.2) is 0 Å². The summed E-state index contributed by atoms with van der Waals surface area (Å²) in [5, 5.41) is 23.0. The number of nitro groups is 2. The van der Waals surface area contributed by atoms with Gasteiger partial charge in [-0.05, 0) is 0 Å². The van der Waals surface area contributed by atoms with E-state index in [1.165, 1.54) is 24.3 Å². The summed E-state index contributed by atoms with van der Waals surface area (Å²) in [5.74, 6) is 0. The Morgan fingerprint density at radius 2 is 1.00 bits per heavy atom. The van der Waals surface area contributed by atoms with Gasteiger partial charge in [-0.15, -0.1) is 0 Å². The fourth-order valence-corrected chi connectivity index (χ4v) is 8.16. The molecular formula is C14H12N2O4Se2. The summed E-state index contributed by atoms with van der Waals surface area (Å²) in [6, 6.07) is 13.4. The molecule has 0 saturated carbocycles. The van der Waals surface area contributed by atoms with E-state index >= 15 is 0 Å². The number of rotatable bonds is 7. The molecule has 114 valence electrons. The Morgan fingerprint density at radius 1 is 0.682 bits per heavy atom. The Bertz CT molecular complexity index is 600. The van der Waals surface area contributed by atoms with E-state index in [1.807, 2.05) is 24.3 Å². The zero-order valence-electron chi connectivity index (χ0n) is 11.4. The maximum atomic E-state index is 10.6. The summed E-state index contributed by atoms with van der Waals surface area (Å²) in [4.78, 5) is 20.3. The molecule has 8 heteroatoms. The summed E-state index contributed by atoms with van der Waals surface area (Å²) < 4.78 is 0. The van der Waals surface area contributed by atoms with E-state index in [0.29, 0.717) is 26.3 Å². The van der Waals surface area contributed by atoms with Gasteiger partial charge >= 0.3 is 138 Å². The van der Waals surface area contributed by atoms with Crippen molar-refractivity contribution in [3.63, 3.8) is 0 Å². The average Bonchev–Trinajstić information content (AvgIpc) is 2.52. The third-order valence-electron chi connectivity index (χ3n) is 2.83. The molecule has 0 amide bonds. The van der Waals surface area contributed by atoms with Crippen molar-refractivity contribution in [2.24, 2.45) is 0 Å². The first-order valence-corrected chi connectivity index (χ1v) is 13.0. The van der Waals surface area contributed by atoms with Crippen LogP contribution in [0, 0.1) is 20.2 Å². The van der Waals surface area contributed by atoms with E-state index in [-0.39, 0.29) is 11.4 Å². The van der Waals surface area contributed by atoms with Crippen molar-refractivity contribution in [1.82, 2.24) is 0 Å². The molecule has 0 unspecified atom stereocenters. The molecule has 22 heavy (non-hydrogen) atoms. The molecule has 0 saturated heterocycles. The van der Waals surface area contributed by atoms with E-state index in [1.54, 1.807) is 0 Å². The third-order valence-corrected chi connectivity index (χ3v) is 9.46. The van der Waals surface area contributed by atoms with Gasteiger partial charge in [0.25, 0.3) is 0 Å². The van der Waals surface area contributed by atoms with Gasteiger partial charge in [0, 0.05) is 0 Å². The van der Waals surface area contributed by atoms with Gasteiger partial charge in [-0.25, -0.2) is 0 Å². The van der Waals surface area contributed by atoms with E-state index < -0.39 is 9.85 Å². The monoisotopic (exact) mass is 432 g/mol. The second-order valence-electron chi connectivity index (χ2n) is 4.37. The van der Waals surface area contributed by atoms with Gasteiger partial charge in [-0.1, -0.05) is 0 Å². The summed E-state index contributed by atoms with van der Waals surface area (Å²) >= 11 is 0.926. The van der Waals surface area contributed by atoms with Crippen LogP contribution in [0.5, 0.6) is 0 Å². The summed E-state index contributed by atoms with van der Waals surface area (Å²) in [5.41, 5.74) is 2.48. The van der Waals surface area contributed by atoms with Gasteiger partial charge in [0.1, 0.15) is 0 Å². The van der Waals surface area contributed by atoms with Crippen LogP contribution in [0.4, 0.5) is 11.4 Å². The number of hydrogen-bond donors (Lipinski definition) is 0. The molecule has 0 heterocycles. The van der Waals surface area contributed by atoms with Crippen LogP contribution in [0.25, 0.3) is 0 Å². The van der Waals surface area contributed by atoms with Crippen molar-refractivity contribution in [2.75, 3.05) is 0 Å². The Kier molecular flexibility index (Phi) is 6.09. The van der Waals surface area contributed by atoms with Crippen molar-refractivity contribution in [3.05, 3.63) is 79.9 Å². The maximum absolute atomic E-state index is 10.6. The van der Waals surface area contributed by atoms with Crippen molar-refractivity contribution in [3.8, 4) is 0 Å². The first-order chi connectivity index (χ1) is 10.6. The van der Waals surface area contributed by atoms with Crippen LogP contribution in [-0.4, -0.2) is 36.1 Å². The van der Waals surface area contributed by atoms with Crippen LogP contribution < -0.4 is 0 Å². The zero-order chi connectivity index (χ0) is 15.9. The van der Waals surface area contributed by atoms with Gasteiger partial charge in [0.2, 0.25) is 0 Å². The molecule has 0 bridgehead atoms. The molecule has 0 aromatic heterocycles. The zero-order valence-corrected chi connectivity index (χ0v) is 14.8. The molecule has 0 spiro atoms. The van der Waals surface area contributed by atoms with Crippen molar-refractivity contribution in [2.45, 2.75) is 10.6 Å². The molecule has 6 nitrogen and oxygen atoms in total.